The van der Waals surface area contributed by atoms with Crippen LogP contribution in [0.1, 0.15) is 15.9 Å². The molecule has 0 aromatic heterocycles. The number of carbonyl (C=O) groups is 2. The average molecular weight is 412 g/mol. The lowest BCUT2D eigenvalue weighted by Crippen LogP contribution is -2.49. The fraction of sp³-hybridized carbons (Fsp3) is 0.333. The Morgan fingerprint density at radius 1 is 1.10 bits per heavy atom. The van der Waals surface area contributed by atoms with Crippen molar-refractivity contribution in [1.82, 2.24) is 10.2 Å². The Morgan fingerprint density at radius 2 is 1.80 bits per heavy atom. The summed E-state index contributed by atoms with van der Waals surface area (Å²) in [5, 5.41) is 14.0. The highest BCUT2D eigenvalue weighted by atomic mass is 16.6. The van der Waals surface area contributed by atoms with Crippen molar-refractivity contribution in [1.29, 1.82) is 0 Å². The molecule has 0 atom stereocenters. The largest absolute Gasteiger partial charge is 0.465 e. The van der Waals surface area contributed by atoms with Crippen LogP contribution in [0.5, 0.6) is 0 Å². The Hall–Kier alpha value is -3.46. The maximum atomic E-state index is 12.2. The van der Waals surface area contributed by atoms with Gasteiger partial charge in [0.2, 0.25) is 5.91 Å². The van der Waals surface area contributed by atoms with Gasteiger partial charge in [0, 0.05) is 44.9 Å². The van der Waals surface area contributed by atoms with Gasteiger partial charge in [-0.3, -0.25) is 19.8 Å². The molecule has 2 aromatic carbocycles. The van der Waals surface area contributed by atoms with Gasteiger partial charge in [0.15, 0.2) is 0 Å². The number of nitrogens with zero attached hydrogens (tertiary/aromatic N) is 3. The Morgan fingerprint density at radius 3 is 2.43 bits per heavy atom. The minimum absolute atomic E-state index is 0.0436. The molecule has 30 heavy (non-hydrogen) atoms. The second-order valence-corrected chi connectivity index (χ2v) is 6.98. The van der Waals surface area contributed by atoms with Crippen LogP contribution in [-0.4, -0.2) is 61.5 Å². The number of nitrogens with one attached hydrogen (secondary N) is 1. The van der Waals surface area contributed by atoms with Gasteiger partial charge >= 0.3 is 5.97 Å². The number of benzene rings is 2. The molecule has 1 amide bonds. The number of hydrogen-bond donors (Lipinski definition) is 1. The van der Waals surface area contributed by atoms with Crippen molar-refractivity contribution in [2.45, 2.75) is 6.54 Å². The zero-order chi connectivity index (χ0) is 21.5. The predicted octanol–water partition coefficient (Wildman–Crippen LogP) is 1.82. The third-order valence-corrected chi connectivity index (χ3v) is 5.01. The van der Waals surface area contributed by atoms with Crippen LogP contribution in [0.25, 0.3) is 0 Å². The second-order valence-electron chi connectivity index (χ2n) is 6.98. The summed E-state index contributed by atoms with van der Waals surface area (Å²) < 4.78 is 4.79. The monoisotopic (exact) mass is 412 g/mol. The number of esters is 1. The molecule has 1 fully saturated rings. The first-order chi connectivity index (χ1) is 14.5. The lowest BCUT2D eigenvalue weighted by molar-refractivity contribution is -0.384. The van der Waals surface area contributed by atoms with Crippen LogP contribution < -0.4 is 10.2 Å². The predicted molar refractivity (Wildman–Crippen MR) is 111 cm³/mol. The SMILES string of the molecule is COC(=O)c1cc([N+](=O)[O-])ccc1N1CCN(CC(=O)NCc2ccccc2)CC1. The summed E-state index contributed by atoms with van der Waals surface area (Å²) in [6, 6.07) is 13.9. The third kappa shape index (κ3) is 5.32. The molecular weight excluding hydrogens is 388 g/mol. The Balaban J connectivity index is 1.56. The van der Waals surface area contributed by atoms with Gasteiger partial charge in [-0.1, -0.05) is 30.3 Å². The molecule has 9 nitrogen and oxygen atoms in total. The van der Waals surface area contributed by atoms with Crippen molar-refractivity contribution >= 4 is 23.3 Å². The molecule has 0 bridgehead atoms. The Bertz CT molecular complexity index is 911. The van der Waals surface area contributed by atoms with Crippen molar-refractivity contribution < 1.29 is 19.2 Å². The van der Waals surface area contributed by atoms with E-state index in [0.717, 1.165) is 5.56 Å². The lowest BCUT2D eigenvalue weighted by Gasteiger charge is -2.36. The first-order valence-corrected chi connectivity index (χ1v) is 9.62. The van der Waals surface area contributed by atoms with Crippen molar-refractivity contribution in [2.24, 2.45) is 0 Å². The summed E-state index contributed by atoms with van der Waals surface area (Å²) in [5.74, 6) is -0.658. The van der Waals surface area contributed by atoms with E-state index in [1.165, 1.54) is 19.2 Å². The smallest absolute Gasteiger partial charge is 0.340 e. The number of nitro groups is 1. The topological polar surface area (TPSA) is 105 Å². The van der Waals surface area contributed by atoms with Crippen molar-refractivity contribution in [2.75, 3.05) is 44.7 Å². The van der Waals surface area contributed by atoms with E-state index < -0.39 is 10.9 Å². The van der Waals surface area contributed by atoms with Crippen LogP contribution in [0.2, 0.25) is 0 Å². The van der Waals surface area contributed by atoms with Crippen LogP contribution in [0.3, 0.4) is 0 Å². The molecule has 0 unspecified atom stereocenters. The molecular formula is C21H24N4O5. The van der Waals surface area contributed by atoms with Gasteiger partial charge in [0.1, 0.15) is 0 Å². The van der Waals surface area contributed by atoms with E-state index in [-0.39, 0.29) is 17.2 Å². The van der Waals surface area contributed by atoms with Crippen LogP contribution in [0, 0.1) is 10.1 Å². The van der Waals surface area contributed by atoms with E-state index in [4.69, 9.17) is 4.74 Å². The van der Waals surface area contributed by atoms with Crippen LogP contribution >= 0.6 is 0 Å². The van der Waals surface area contributed by atoms with Gasteiger partial charge in [0.25, 0.3) is 5.69 Å². The number of non-ortho nitro benzene ring substituents is 1. The molecule has 0 radical (unpaired) electrons. The first kappa shape index (κ1) is 21.3. The maximum absolute atomic E-state index is 12.2. The maximum Gasteiger partial charge on any atom is 0.340 e. The zero-order valence-corrected chi connectivity index (χ0v) is 16.7. The van der Waals surface area contributed by atoms with E-state index in [0.29, 0.717) is 45.0 Å². The molecule has 0 aliphatic carbocycles. The normalized spacial score (nSPS) is 14.2. The van der Waals surface area contributed by atoms with Crippen LogP contribution in [0.4, 0.5) is 11.4 Å². The number of amides is 1. The van der Waals surface area contributed by atoms with Gasteiger partial charge in [-0.05, 0) is 11.6 Å². The zero-order valence-electron chi connectivity index (χ0n) is 16.7. The fourth-order valence-electron chi connectivity index (χ4n) is 3.39. The molecule has 3 rings (SSSR count). The molecule has 1 aliphatic rings. The number of methoxy groups -OCH3 is 1. The molecule has 0 saturated carbocycles. The van der Waals surface area contributed by atoms with Crippen molar-refractivity contribution in [3.05, 3.63) is 69.8 Å². The highest BCUT2D eigenvalue weighted by Gasteiger charge is 2.25. The Labute approximate surface area is 174 Å². The molecule has 158 valence electrons. The van der Waals surface area contributed by atoms with Crippen molar-refractivity contribution in [3.8, 4) is 0 Å². The van der Waals surface area contributed by atoms with E-state index >= 15 is 0 Å². The minimum atomic E-state index is -0.614. The summed E-state index contributed by atoms with van der Waals surface area (Å²) >= 11 is 0. The van der Waals surface area contributed by atoms with E-state index in [1.807, 2.05) is 40.1 Å². The first-order valence-electron chi connectivity index (χ1n) is 9.62. The average Bonchev–Trinajstić information content (AvgIpc) is 2.78. The van der Waals surface area contributed by atoms with Crippen LogP contribution in [-0.2, 0) is 16.1 Å². The Kier molecular flexibility index (Phi) is 6.97. The van der Waals surface area contributed by atoms with Gasteiger partial charge in [-0.25, -0.2) is 4.79 Å². The quantitative estimate of drug-likeness (QED) is 0.420. The summed E-state index contributed by atoms with van der Waals surface area (Å²) in [6.45, 7) is 3.24. The molecule has 9 heteroatoms. The molecule has 1 saturated heterocycles. The molecule has 1 N–H and O–H groups in total. The molecule has 1 heterocycles. The van der Waals surface area contributed by atoms with Crippen LogP contribution in [0.15, 0.2) is 48.5 Å². The number of anilines is 1. The lowest BCUT2D eigenvalue weighted by atomic mass is 10.1. The number of ether oxygens (including phenoxy) is 1. The summed E-state index contributed by atoms with van der Waals surface area (Å²) in [6.07, 6.45) is 0. The summed E-state index contributed by atoms with van der Waals surface area (Å²) in [4.78, 5) is 38.9. The summed E-state index contributed by atoms with van der Waals surface area (Å²) in [7, 11) is 1.25. The number of nitro benzene ring substituents is 1. The van der Waals surface area contributed by atoms with Crippen molar-refractivity contribution in [3.63, 3.8) is 0 Å². The standard InChI is InChI=1S/C21H24N4O5/c1-30-21(27)18-13-17(25(28)29)7-8-19(18)24-11-9-23(10-12-24)15-20(26)22-14-16-5-3-2-4-6-16/h2-8,13H,9-12,14-15H2,1H3,(H,22,26). The van der Waals surface area contributed by atoms with Gasteiger partial charge in [0.05, 0.1) is 29.8 Å². The minimum Gasteiger partial charge on any atom is -0.465 e. The molecule has 2 aromatic rings. The van der Waals surface area contributed by atoms with E-state index in [9.17, 15) is 19.7 Å². The number of carbonyl (C=O) groups excluding carboxylic acids is 2. The fourth-order valence-corrected chi connectivity index (χ4v) is 3.39. The van der Waals surface area contributed by atoms with E-state index in [1.54, 1.807) is 6.07 Å². The van der Waals surface area contributed by atoms with Gasteiger partial charge in [-0.15, -0.1) is 0 Å². The second kappa shape index (κ2) is 9.84. The molecule has 1 aliphatic heterocycles. The third-order valence-electron chi connectivity index (χ3n) is 5.01. The van der Waals surface area contributed by atoms with E-state index in [2.05, 4.69) is 5.32 Å². The van der Waals surface area contributed by atoms with Gasteiger partial charge < -0.3 is 15.0 Å². The summed E-state index contributed by atoms with van der Waals surface area (Å²) in [5.41, 5.74) is 1.65. The number of piperazine rings is 1. The molecule has 0 spiro atoms. The highest BCUT2D eigenvalue weighted by Crippen LogP contribution is 2.27. The van der Waals surface area contributed by atoms with Gasteiger partial charge in [-0.2, -0.15) is 0 Å². The number of hydrogen-bond acceptors (Lipinski definition) is 7. The highest BCUT2D eigenvalue weighted by molar-refractivity contribution is 5.96. The number of rotatable bonds is 7.